The monoisotopic (exact) mass is 388 g/mol. The van der Waals surface area contributed by atoms with Gasteiger partial charge in [-0.15, -0.1) is 0 Å². The topological polar surface area (TPSA) is 104 Å². The summed E-state index contributed by atoms with van der Waals surface area (Å²) in [7, 11) is 4.64. The van der Waals surface area contributed by atoms with E-state index in [4.69, 9.17) is 14.2 Å². The molecular formula is C19H24N4O5. The van der Waals surface area contributed by atoms with Crippen molar-refractivity contribution in [3.8, 4) is 11.5 Å². The van der Waals surface area contributed by atoms with Crippen LogP contribution in [-0.2, 0) is 17.7 Å². The van der Waals surface area contributed by atoms with Crippen LogP contribution >= 0.6 is 0 Å². The first kappa shape index (κ1) is 19.7. The molecule has 2 aromatic rings. The summed E-state index contributed by atoms with van der Waals surface area (Å²) < 4.78 is 17.1. The minimum atomic E-state index is -0.234. The first-order valence-corrected chi connectivity index (χ1v) is 8.92. The molecule has 0 spiro atoms. The fourth-order valence-corrected chi connectivity index (χ4v) is 3.12. The number of carbonyl (C=O) groups is 2. The van der Waals surface area contributed by atoms with Crippen molar-refractivity contribution in [3.63, 3.8) is 0 Å². The Labute approximate surface area is 163 Å². The maximum Gasteiger partial charge on any atom is 0.271 e. The number of aromatic nitrogens is 2. The number of benzene rings is 1. The molecule has 0 saturated carbocycles. The Kier molecular flexibility index (Phi) is 6.15. The molecule has 0 fully saturated rings. The summed E-state index contributed by atoms with van der Waals surface area (Å²) in [5.41, 5.74) is 1.71. The van der Waals surface area contributed by atoms with Crippen molar-refractivity contribution in [3.05, 3.63) is 41.2 Å². The molecule has 0 aliphatic carbocycles. The molecule has 1 aromatic heterocycles. The van der Waals surface area contributed by atoms with Crippen LogP contribution in [0.25, 0.3) is 0 Å². The van der Waals surface area contributed by atoms with Crippen molar-refractivity contribution in [2.45, 2.75) is 19.0 Å². The van der Waals surface area contributed by atoms with Crippen LogP contribution in [0.3, 0.4) is 0 Å². The van der Waals surface area contributed by atoms with Gasteiger partial charge in [0.05, 0.1) is 39.0 Å². The summed E-state index contributed by atoms with van der Waals surface area (Å²) in [5, 5.41) is 10.1. The van der Waals surface area contributed by atoms with Crippen molar-refractivity contribution in [1.29, 1.82) is 0 Å². The average Bonchev–Trinajstić information content (AvgIpc) is 3.26. The van der Waals surface area contributed by atoms with E-state index < -0.39 is 0 Å². The molecule has 0 unspecified atom stereocenters. The lowest BCUT2D eigenvalue weighted by Crippen LogP contribution is -2.36. The van der Waals surface area contributed by atoms with Crippen molar-refractivity contribution < 1.29 is 23.8 Å². The summed E-state index contributed by atoms with van der Waals surface area (Å²) in [4.78, 5) is 24.7. The second-order valence-electron chi connectivity index (χ2n) is 6.39. The summed E-state index contributed by atoms with van der Waals surface area (Å²) in [6.45, 7) is 1.38. The van der Waals surface area contributed by atoms with Crippen LogP contribution in [0, 0.1) is 0 Å². The van der Waals surface area contributed by atoms with E-state index in [1.165, 1.54) is 7.11 Å². The molecule has 1 atom stereocenters. The second-order valence-corrected chi connectivity index (χ2v) is 6.39. The maximum absolute atomic E-state index is 12.6. The van der Waals surface area contributed by atoms with E-state index in [1.54, 1.807) is 43.2 Å². The lowest BCUT2D eigenvalue weighted by atomic mass is 10.1. The number of carbonyl (C=O) groups excluding carboxylic acids is 2. The van der Waals surface area contributed by atoms with Crippen LogP contribution in [0.2, 0.25) is 0 Å². The molecule has 0 bridgehead atoms. The highest BCUT2D eigenvalue weighted by Gasteiger charge is 2.27. The van der Waals surface area contributed by atoms with Gasteiger partial charge in [-0.3, -0.25) is 14.3 Å². The molecule has 0 radical (unpaired) electrons. The highest BCUT2D eigenvalue weighted by Crippen LogP contribution is 2.25. The smallest absolute Gasteiger partial charge is 0.271 e. The highest BCUT2D eigenvalue weighted by molar-refractivity contribution is 5.97. The summed E-state index contributed by atoms with van der Waals surface area (Å²) in [5.74, 6) is 0.601. The number of methoxy groups -OCH3 is 3. The zero-order valence-electron chi connectivity index (χ0n) is 16.2. The molecule has 1 aliphatic rings. The molecular weight excluding hydrogens is 364 g/mol. The first-order chi connectivity index (χ1) is 13.5. The highest BCUT2D eigenvalue weighted by atomic mass is 16.5. The van der Waals surface area contributed by atoms with E-state index in [-0.39, 0.29) is 17.9 Å². The van der Waals surface area contributed by atoms with Gasteiger partial charge in [-0.2, -0.15) is 5.10 Å². The van der Waals surface area contributed by atoms with Gasteiger partial charge in [-0.05, 0) is 18.2 Å². The minimum Gasteiger partial charge on any atom is -0.497 e. The van der Waals surface area contributed by atoms with E-state index in [2.05, 4.69) is 15.7 Å². The number of amides is 2. The Morgan fingerprint density at radius 3 is 2.68 bits per heavy atom. The van der Waals surface area contributed by atoms with Crippen molar-refractivity contribution >= 4 is 11.8 Å². The fraction of sp³-hybridized carbons (Fsp3) is 0.421. The molecule has 2 N–H and O–H groups in total. The molecule has 9 nitrogen and oxygen atoms in total. The third kappa shape index (κ3) is 4.25. The van der Waals surface area contributed by atoms with Gasteiger partial charge >= 0.3 is 0 Å². The Hall–Kier alpha value is -3.07. The largest absolute Gasteiger partial charge is 0.497 e. The quantitative estimate of drug-likeness (QED) is 0.643. The van der Waals surface area contributed by atoms with Crippen LogP contribution in [0.1, 0.15) is 26.5 Å². The van der Waals surface area contributed by atoms with E-state index in [0.717, 1.165) is 5.69 Å². The molecule has 0 saturated heterocycles. The molecule has 9 heteroatoms. The van der Waals surface area contributed by atoms with Gasteiger partial charge in [0.25, 0.3) is 11.8 Å². The number of nitrogens with zero attached hydrogens (tertiary/aromatic N) is 2. The van der Waals surface area contributed by atoms with E-state index in [9.17, 15) is 9.59 Å². The Balaban J connectivity index is 1.60. The summed E-state index contributed by atoms with van der Waals surface area (Å²) >= 11 is 0. The second kappa shape index (κ2) is 8.75. The minimum absolute atomic E-state index is 0.104. The van der Waals surface area contributed by atoms with Crippen molar-refractivity contribution in [2.24, 2.45) is 0 Å². The standard InChI is InChI=1S/C19H24N4O5/c1-26-7-6-20-19(25)16-9-13-8-12(11-23(13)22-16)21-18(24)15-5-4-14(27-2)10-17(15)28-3/h4-5,9-10,12H,6-8,11H2,1-3H3,(H,20,25)(H,21,24)/t12-/m0/s1. The molecule has 150 valence electrons. The Morgan fingerprint density at radius 1 is 1.18 bits per heavy atom. The predicted octanol–water partition coefficient (Wildman–Crippen LogP) is 0.631. The molecule has 1 aliphatic heterocycles. The third-order valence-corrected chi connectivity index (χ3v) is 4.53. The van der Waals surface area contributed by atoms with E-state index in [1.807, 2.05) is 0 Å². The number of hydrogen-bond acceptors (Lipinski definition) is 6. The number of fused-ring (bicyclic) bond motifs is 1. The van der Waals surface area contributed by atoms with Gasteiger partial charge in [0.2, 0.25) is 0 Å². The molecule has 1 aromatic carbocycles. The fourth-order valence-electron chi connectivity index (χ4n) is 3.12. The van der Waals surface area contributed by atoms with Gasteiger partial charge in [0.1, 0.15) is 17.2 Å². The average molecular weight is 388 g/mol. The summed E-state index contributed by atoms with van der Waals surface area (Å²) in [6.07, 6.45) is 0.600. The number of ether oxygens (including phenoxy) is 3. The Morgan fingerprint density at radius 2 is 2.00 bits per heavy atom. The molecule has 3 rings (SSSR count). The van der Waals surface area contributed by atoms with Crippen LogP contribution in [0.15, 0.2) is 24.3 Å². The van der Waals surface area contributed by atoms with E-state index >= 15 is 0 Å². The molecule has 28 heavy (non-hydrogen) atoms. The summed E-state index contributed by atoms with van der Waals surface area (Å²) in [6, 6.07) is 6.70. The zero-order chi connectivity index (χ0) is 20.1. The van der Waals surface area contributed by atoms with Gasteiger partial charge in [0.15, 0.2) is 0 Å². The first-order valence-electron chi connectivity index (χ1n) is 8.92. The van der Waals surface area contributed by atoms with Crippen molar-refractivity contribution in [2.75, 3.05) is 34.5 Å². The normalized spacial score (nSPS) is 15.0. The van der Waals surface area contributed by atoms with Crippen molar-refractivity contribution in [1.82, 2.24) is 20.4 Å². The van der Waals surface area contributed by atoms with Crippen LogP contribution in [0.5, 0.6) is 11.5 Å². The lowest BCUT2D eigenvalue weighted by molar-refractivity contribution is 0.0919. The molecule has 2 heterocycles. The van der Waals surface area contributed by atoms with Crippen LogP contribution in [0.4, 0.5) is 0 Å². The zero-order valence-corrected chi connectivity index (χ0v) is 16.2. The van der Waals surface area contributed by atoms with Gasteiger partial charge in [-0.1, -0.05) is 0 Å². The third-order valence-electron chi connectivity index (χ3n) is 4.53. The molecule has 2 amide bonds. The maximum atomic E-state index is 12.6. The predicted molar refractivity (Wildman–Crippen MR) is 101 cm³/mol. The van der Waals surface area contributed by atoms with Gasteiger partial charge in [0, 0.05) is 31.8 Å². The number of hydrogen-bond donors (Lipinski definition) is 2. The lowest BCUT2D eigenvalue weighted by Gasteiger charge is -2.14. The van der Waals surface area contributed by atoms with E-state index in [0.29, 0.717) is 48.9 Å². The van der Waals surface area contributed by atoms with Gasteiger partial charge < -0.3 is 24.8 Å². The number of rotatable bonds is 8. The SMILES string of the molecule is COCCNC(=O)c1cc2n(n1)C[C@@H](NC(=O)c1ccc(OC)cc1OC)C2. The number of nitrogens with one attached hydrogen (secondary N) is 2. The van der Waals surface area contributed by atoms with Gasteiger partial charge in [-0.25, -0.2) is 0 Å². The Bertz CT molecular complexity index is 841. The van der Waals surface area contributed by atoms with Crippen LogP contribution < -0.4 is 20.1 Å². The van der Waals surface area contributed by atoms with Crippen LogP contribution in [-0.4, -0.2) is 62.1 Å².